The van der Waals surface area contributed by atoms with Crippen LogP contribution in [0.25, 0.3) is 0 Å². The summed E-state index contributed by atoms with van der Waals surface area (Å²) < 4.78 is 11.5. The second kappa shape index (κ2) is 1.14. The van der Waals surface area contributed by atoms with Crippen molar-refractivity contribution in [3.63, 3.8) is 0 Å². The van der Waals surface area contributed by atoms with Crippen molar-refractivity contribution >= 4 is 0 Å². The fourth-order valence-electron chi connectivity index (χ4n) is 0.186. The van der Waals surface area contributed by atoms with Gasteiger partial charge in [0.1, 0.15) is 0 Å². The molecule has 6 heteroatoms. The Morgan fingerprint density at radius 2 is 2.57 bits per heavy atom. The molecule has 0 atom stereocenters. The number of hydrogen-bond acceptors (Lipinski definition) is 3. The maximum atomic E-state index is 11.5. The number of H-pyrrole nitrogens is 1. The van der Waals surface area contributed by atoms with E-state index < -0.39 is 5.69 Å². The molecule has 0 bridgehead atoms. The minimum atomic E-state index is -0.958. The molecule has 0 spiro atoms. The Morgan fingerprint density at radius 3 is 2.71 bits per heavy atom. The lowest BCUT2D eigenvalue weighted by Gasteiger charge is -1.63. The summed E-state index contributed by atoms with van der Waals surface area (Å²) >= 11 is 0. The van der Waals surface area contributed by atoms with Crippen LogP contribution in [0.1, 0.15) is 0 Å². The molecule has 5 nitrogen and oxygen atoms in total. The monoisotopic (exact) mass is 104 g/mol. The largest absolute Gasteiger partial charge is 0.390 e. The van der Waals surface area contributed by atoms with Gasteiger partial charge < -0.3 is 0 Å². The Kier molecular flexibility index (Phi) is 0.647. The third-order valence-electron chi connectivity index (χ3n) is 0.436. The third-order valence-corrected chi connectivity index (χ3v) is 0.436. The Bertz CT molecular complexity index is 199. The van der Waals surface area contributed by atoms with E-state index in [1.807, 2.05) is 0 Å². The zero-order valence-corrected chi connectivity index (χ0v) is 3.13. The molecule has 1 aromatic heterocycles. The first-order valence-corrected chi connectivity index (χ1v) is 1.47. The van der Waals surface area contributed by atoms with E-state index in [0.717, 1.165) is 0 Å². The second-order valence-corrected chi connectivity index (χ2v) is 0.867. The number of nitrogens with one attached hydrogen (secondary N) is 1. The van der Waals surface area contributed by atoms with E-state index in [1.165, 1.54) is 0 Å². The number of rotatable bonds is 0. The van der Waals surface area contributed by atoms with Crippen LogP contribution in [0, 0.1) is 0 Å². The topological polar surface area (TPSA) is 63.6 Å². The van der Waals surface area contributed by atoms with Crippen LogP contribution in [-0.2, 0) is 0 Å². The maximum absolute atomic E-state index is 11.5. The normalized spacial score (nSPS) is 9.29. The molecule has 38 valence electrons. The minimum absolute atomic E-state index is 0.389. The van der Waals surface area contributed by atoms with Gasteiger partial charge in [-0.2, -0.15) is 0 Å². The molecule has 0 aliphatic rings. The van der Waals surface area contributed by atoms with Crippen LogP contribution in [0.2, 0.25) is 0 Å². The van der Waals surface area contributed by atoms with Gasteiger partial charge in [0.05, 0.1) is 0 Å². The molecule has 1 heterocycles. The van der Waals surface area contributed by atoms with Crippen molar-refractivity contribution in [2.45, 2.75) is 0 Å². The molecule has 1 N–H and O–H groups in total. The summed E-state index contributed by atoms with van der Waals surface area (Å²) in [4.78, 5) is 9.44. The molecular weight excluding hydrogens is 103 g/mol. The van der Waals surface area contributed by atoms with E-state index in [0.29, 0.717) is 0 Å². The number of aromatic amines is 1. The highest BCUT2D eigenvalue weighted by Crippen LogP contribution is 1.56. The molecule has 0 aromatic carbocycles. The smallest absolute Gasteiger partial charge is 0.242 e. The average molecular weight is 104 g/mol. The first kappa shape index (κ1) is 3.97. The number of tetrazole rings is 1. The number of hydrogen-bond donors (Lipinski definition) is 1. The van der Waals surface area contributed by atoms with Crippen LogP contribution in [0.5, 0.6) is 0 Å². The van der Waals surface area contributed by atoms with Gasteiger partial charge in [0.2, 0.25) is 0 Å². The summed E-state index contributed by atoms with van der Waals surface area (Å²) in [7, 11) is 0. The van der Waals surface area contributed by atoms with Gasteiger partial charge in [0.25, 0.3) is 0 Å². The quantitative estimate of drug-likeness (QED) is 0.445. The fraction of sp³-hybridized carbons (Fsp3) is 0. The highest BCUT2D eigenvalue weighted by Gasteiger charge is 1.89. The van der Waals surface area contributed by atoms with E-state index in [2.05, 4.69) is 10.4 Å². The van der Waals surface area contributed by atoms with E-state index in [9.17, 15) is 9.28 Å². The van der Waals surface area contributed by atoms with Gasteiger partial charge >= 0.3 is 5.69 Å². The van der Waals surface area contributed by atoms with Crippen LogP contribution in [-0.4, -0.2) is 20.4 Å². The highest BCUT2D eigenvalue weighted by atomic mass is 19.2. The van der Waals surface area contributed by atoms with Crippen LogP contribution < -0.4 is 5.69 Å². The van der Waals surface area contributed by atoms with E-state index >= 15 is 0 Å². The molecule has 0 fully saturated rings. The Morgan fingerprint density at radius 1 is 1.86 bits per heavy atom. The van der Waals surface area contributed by atoms with Crippen molar-refractivity contribution in [3.05, 3.63) is 10.5 Å². The SMILES string of the molecule is O=c1[nH]nnn1F. The molecule has 0 saturated carbocycles. The van der Waals surface area contributed by atoms with Gasteiger partial charge in [0, 0.05) is 0 Å². The molecule has 1 aromatic rings. The summed E-state index contributed by atoms with van der Waals surface area (Å²) in [5.41, 5.74) is -0.958. The zero-order chi connectivity index (χ0) is 5.28. The van der Waals surface area contributed by atoms with Gasteiger partial charge in [-0.15, -0.1) is 0 Å². The van der Waals surface area contributed by atoms with Crippen LogP contribution >= 0.6 is 0 Å². The first-order valence-electron chi connectivity index (χ1n) is 1.47. The van der Waals surface area contributed by atoms with Gasteiger partial charge in [-0.05, 0) is 15.3 Å². The van der Waals surface area contributed by atoms with Gasteiger partial charge in [-0.3, -0.25) is 0 Å². The lowest BCUT2D eigenvalue weighted by atomic mass is 11.3. The molecule has 0 unspecified atom stereocenters. The molecule has 0 radical (unpaired) electrons. The Hall–Kier alpha value is -1.20. The van der Waals surface area contributed by atoms with Crippen LogP contribution in [0.4, 0.5) is 4.48 Å². The maximum Gasteiger partial charge on any atom is 0.390 e. The lowest BCUT2D eigenvalue weighted by Crippen LogP contribution is -2.09. The number of nitrogens with zero attached hydrogens (tertiary/aromatic N) is 3. The van der Waals surface area contributed by atoms with Gasteiger partial charge in [-0.1, -0.05) is 4.48 Å². The molecule has 7 heavy (non-hydrogen) atoms. The number of halogens is 1. The standard InChI is InChI=1S/CHFN4O/c2-6-1(7)3-4-5-6/h(H,3,5,7). The highest BCUT2D eigenvalue weighted by molar-refractivity contribution is 4.40. The van der Waals surface area contributed by atoms with E-state index in [1.54, 1.807) is 5.10 Å². The summed E-state index contributed by atoms with van der Waals surface area (Å²) in [5.74, 6) is 0. The van der Waals surface area contributed by atoms with E-state index in [-0.39, 0.29) is 4.90 Å². The first-order chi connectivity index (χ1) is 3.30. The van der Waals surface area contributed by atoms with Crippen molar-refractivity contribution in [2.75, 3.05) is 0 Å². The van der Waals surface area contributed by atoms with Crippen molar-refractivity contribution in [2.24, 2.45) is 0 Å². The minimum Gasteiger partial charge on any atom is -0.242 e. The average Bonchev–Trinajstić information content (AvgIpc) is 1.91. The fourth-order valence-corrected chi connectivity index (χ4v) is 0.186. The van der Waals surface area contributed by atoms with Crippen LogP contribution in [0.15, 0.2) is 4.79 Å². The molecule has 0 saturated heterocycles. The van der Waals surface area contributed by atoms with Crippen molar-refractivity contribution in [1.82, 2.24) is 20.4 Å². The molecule has 0 aliphatic carbocycles. The summed E-state index contributed by atoms with van der Waals surface area (Å²) in [5, 5.41) is 7.21. The van der Waals surface area contributed by atoms with Crippen molar-refractivity contribution < 1.29 is 4.48 Å². The Balaban J connectivity index is 3.39. The Labute approximate surface area is 36.7 Å². The van der Waals surface area contributed by atoms with Gasteiger partial charge in [0.15, 0.2) is 0 Å². The predicted molar refractivity (Wildman–Crippen MR) is 17.1 cm³/mol. The van der Waals surface area contributed by atoms with E-state index in [4.69, 9.17) is 0 Å². The van der Waals surface area contributed by atoms with Crippen LogP contribution in [0.3, 0.4) is 0 Å². The zero-order valence-electron chi connectivity index (χ0n) is 3.13. The summed E-state index contributed by atoms with van der Waals surface area (Å²) in [6.07, 6.45) is 0. The second-order valence-electron chi connectivity index (χ2n) is 0.867. The van der Waals surface area contributed by atoms with Gasteiger partial charge in [-0.25, -0.2) is 9.89 Å². The van der Waals surface area contributed by atoms with Crippen molar-refractivity contribution in [1.29, 1.82) is 0 Å². The number of aromatic nitrogens is 4. The summed E-state index contributed by atoms with van der Waals surface area (Å²) in [6.45, 7) is 0. The molecule has 0 amide bonds. The molecule has 0 aliphatic heterocycles. The van der Waals surface area contributed by atoms with Crippen molar-refractivity contribution in [3.8, 4) is 0 Å². The summed E-state index contributed by atoms with van der Waals surface area (Å²) in [6, 6.07) is 0. The predicted octanol–water partition coefficient (Wildman–Crippen LogP) is -1.30. The lowest BCUT2D eigenvalue weighted by molar-refractivity contribution is 0.294. The molecular formula is CHFN4O. The molecule has 1 rings (SSSR count). The third kappa shape index (κ3) is 0.486.